The third kappa shape index (κ3) is 5.35. The number of alkyl halides is 3. The van der Waals surface area contributed by atoms with E-state index in [0.29, 0.717) is 42.5 Å². The monoisotopic (exact) mass is 440 g/mol. The summed E-state index contributed by atoms with van der Waals surface area (Å²) in [6.07, 6.45) is 1.15. The van der Waals surface area contributed by atoms with Gasteiger partial charge in [0.1, 0.15) is 6.10 Å². The van der Waals surface area contributed by atoms with Gasteiger partial charge in [0.05, 0.1) is 29.5 Å². The van der Waals surface area contributed by atoms with Crippen LogP contribution in [0, 0.1) is 0 Å². The van der Waals surface area contributed by atoms with Gasteiger partial charge in [-0.25, -0.2) is 15.0 Å². The molecule has 2 saturated carbocycles. The molecule has 170 valence electrons. The zero-order valence-electron chi connectivity index (χ0n) is 17.3. The van der Waals surface area contributed by atoms with E-state index in [4.69, 9.17) is 4.74 Å². The van der Waals surface area contributed by atoms with Gasteiger partial charge >= 0.3 is 6.18 Å². The van der Waals surface area contributed by atoms with Crippen molar-refractivity contribution in [3.8, 4) is 5.88 Å². The molecule has 2 heterocycles. The summed E-state index contributed by atoms with van der Waals surface area (Å²) in [5, 5.41) is 22.7. The van der Waals surface area contributed by atoms with E-state index < -0.39 is 18.6 Å². The number of hydrogen-bond acceptors (Lipinski definition) is 7. The predicted octanol–water partition coefficient (Wildman–Crippen LogP) is 3.70. The van der Waals surface area contributed by atoms with Gasteiger partial charge in [0, 0.05) is 36.8 Å². The van der Waals surface area contributed by atoms with Crippen LogP contribution >= 0.6 is 0 Å². The summed E-state index contributed by atoms with van der Waals surface area (Å²) >= 11 is 0. The van der Waals surface area contributed by atoms with Crippen molar-refractivity contribution < 1.29 is 28.1 Å². The fourth-order valence-electron chi connectivity index (χ4n) is 4.28. The van der Waals surface area contributed by atoms with Crippen molar-refractivity contribution in [2.45, 2.75) is 88.3 Å². The topological polar surface area (TPSA) is 100 Å². The highest BCUT2D eigenvalue weighted by Gasteiger charge is 2.32. The van der Waals surface area contributed by atoms with Crippen LogP contribution in [0.1, 0.15) is 63.4 Å². The molecule has 31 heavy (non-hydrogen) atoms. The third-order valence-corrected chi connectivity index (χ3v) is 6.01. The van der Waals surface area contributed by atoms with Crippen LogP contribution in [0.5, 0.6) is 5.88 Å². The molecule has 0 bridgehead atoms. The van der Waals surface area contributed by atoms with Crippen LogP contribution in [-0.4, -0.2) is 55.7 Å². The quantitative estimate of drug-likeness (QED) is 0.630. The number of fused-ring (bicyclic) bond motifs is 1. The van der Waals surface area contributed by atoms with Crippen LogP contribution in [0.4, 0.5) is 19.1 Å². The normalized spacial score (nSPS) is 27.5. The first-order valence-electron chi connectivity index (χ1n) is 10.7. The van der Waals surface area contributed by atoms with E-state index in [-0.39, 0.29) is 30.2 Å². The average molecular weight is 440 g/mol. The molecule has 2 aliphatic rings. The van der Waals surface area contributed by atoms with Crippen LogP contribution in [0.15, 0.2) is 12.4 Å². The Bertz CT molecular complexity index is 913. The molecule has 1 atom stereocenters. The molecule has 4 rings (SSSR count). The number of halogens is 3. The fourth-order valence-corrected chi connectivity index (χ4v) is 4.28. The number of aliphatic hydroxyl groups is 2. The molecule has 7 nitrogen and oxygen atoms in total. The molecule has 2 aromatic rings. The van der Waals surface area contributed by atoms with E-state index in [1.165, 1.54) is 13.1 Å². The first kappa shape index (κ1) is 22.0. The lowest BCUT2D eigenvalue weighted by atomic mass is 9.83. The highest BCUT2D eigenvalue weighted by Crippen LogP contribution is 2.38. The second kappa shape index (κ2) is 8.74. The van der Waals surface area contributed by atoms with Gasteiger partial charge in [-0.2, -0.15) is 13.2 Å². The van der Waals surface area contributed by atoms with Crippen LogP contribution in [0.2, 0.25) is 0 Å². The predicted molar refractivity (Wildman–Crippen MR) is 108 cm³/mol. The molecule has 0 spiro atoms. The molecular formula is C21H27F3N4O3. The molecule has 0 saturated heterocycles. The number of pyridine rings is 1. The minimum Gasteiger partial charge on any atom is -0.474 e. The van der Waals surface area contributed by atoms with Gasteiger partial charge < -0.3 is 20.3 Å². The summed E-state index contributed by atoms with van der Waals surface area (Å²) in [4.78, 5) is 13.2. The smallest absolute Gasteiger partial charge is 0.391 e. The highest BCUT2D eigenvalue weighted by atomic mass is 19.4. The first-order valence-corrected chi connectivity index (χ1v) is 10.7. The Kier molecular flexibility index (Phi) is 6.20. The summed E-state index contributed by atoms with van der Waals surface area (Å²) < 4.78 is 44.0. The lowest BCUT2D eigenvalue weighted by molar-refractivity contribution is -0.136. The fraction of sp³-hybridized carbons (Fsp3) is 0.667. The first-order chi connectivity index (χ1) is 14.7. The highest BCUT2D eigenvalue weighted by molar-refractivity contribution is 5.86. The van der Waals surface area contributed by atoms with E-state index in [2.05, 4.69) is 20.3 Å². The summed E-state index contributed by atoms with van der Waals surface area (Å²) in [6.45, 7) is 1.44. The minimum absolute atomic E-state index is 0.123. The Hall–Kier alpha value is -2.20. The number of aliphatic hydroxyl groups excluding tert-OH is 2. The second-order valence-corrected chi connectivity index (χ2v) is 8.71. The van der Waals surface area contributed by atoms with E-state index >= 15 is 0 Å². The zero-order valence-corrected chi connectivity index (χ0v) is 17.3. The van der Waals surface area contributed by atoms with Crippen molar-refractivity contribution in [2.24, 2.45) is 0 Å². The number of ether oxygens (including phenoxy) is 1. The van der Waals surface area contributed by atoms with Gasteiger partial charge in [-0.3, -0.25) is 0 Å². The Labute approximate surface area is 178 Å². The summed E-state index contributed by atoms with van der Waals surface area (Å²) in [5.74, 6) is 0.632. The maximum atomic E-state index is 12.7. The van der Waals surface area contributed by atoms with Gasteiger partial charge in [0.25, 0.3) is 0 Å². The molecule has 0 unspecified atom stereocenters. The average Bonchev–Trinajstić information content (AvgIpc) is 2.66. The van der Waals surface area contributed by atoms with E-state index in [1.54, 1.807) is 6.20 Å². The van der Waals surface area contributed by atoms with Crippen molar-refractivity contribution >= 4 is 16.9 Å². The molecule has 10 heteroatoms. The number of hydrogen-bond donors (Lipinski definition) is 3. The van der Waals surface area contributed by atoms with E-state index in [0.717, 1.165) is 18.4 Å². The van der Waals surface area contributed by atoms with Crippen molar-refractivity contribution in [1.82, 2.24) is 15.0 Å². The molecule has 2 aliphatic carbocycles. The van der Waals surface area contributed by atoms with Crippen LogP contribution in [0.25, 0.3) is 10.9 Å². The second-order valence-electron chi connectivity index (χ2n) is 8.71. The molecule has 3 N–H and O–H groups in total. The Morgan fingerprint density at radius 2 is 1.81 bits per heavy atom. The Morgan fingerprint density at radius 3 is 2.45 bits per heavy atom. The summed E-state index contributed by atoms with van der Waals surface area (Å²) in [6, 6.07) is -0.875. The van der Waals surface area contributed by atoms with Crippen LogP contribution < -0.4 is 10.1 Å². The molecule has 2 aromatic heterocycles. The van der Waals surface area contributed by atoms with Crippen LogP contribution in [0.3, 0.4) is 0 Å². The number of nitrogens with zero attached hydrogens (tertiary/aromatic N) is 3. The third-order valence-electron chi connectivity index (χ3n) is 6.01. The Balaban J connectivity index is 1.64. The maximum Gasteiger partial charge on any atom is 0.391 e. The van der Waals surface area contributed by atoms with Gasteiger partial charge in [-0.1, -0.05) is 0 Å². The number of anilines is 1. The summed E-state index contributed by atoms with van der Waals surface area (Å²) in [7, 11) is 0. The number of nitrogens with one attached hydrogen (secondary N) is 1. The minimum atomic E-state index is -4.28. The van der Waals surface area contributed by atoms with Crippen molar-refractivity contribution in [3.63, 3.8) is 0 Å². The van der Waals surface area contributed by atoms with Gasteiger partial charge in [-0.05, 0) is 38.5 Å². The van der Waals surface area contributed by atoms with Gasteiger partial charge in [-0.15, -0.1) is 0 Å². The van der Waals surface area contributed by atoms with E-state index in [9.17, 15) is 23.4 Å². The Morgan fingerprint density at radius 1 is 1.10 bits per heavy atom. The lowest BCUT2D eigenvalue weighted by Crippen LogP contribution is -2.37. The van der Waals surface area contributed by atoms with Crippen molar-refractivity contribution in [3.05, 3.63) is 18.0 Å². The summed E-state index contributed by atoms with van der Waals surface area (Å²) in [5.41, 5.74) is 1.49. The zero-order chi connectivity index (χ0) is 22.2. The molecule has 0 amide bonds. The van der Waals surface area contributed by atoms with Crippen molar-refractivity contribution in [2.75, 3.05) is 5.32 Å². The maximum absolute atomic E-state index is 12.7. The molecular weight excluding hydrogens is 413 g/mol. The molecule has 2 fully saturated rings. The standard InChI is InChI=1S/C21H27F3N4O3/c1-11(8-21(22,23)24)27-20-26-10-17-18(28-20)16(12-2-4-13(29)5-3-12)9-25-19(17)31-15-6-14(30)7-15/h9-15,29-30H,2-8H2,1H3,(H,26,27,28)/t11-,12-,13-,14-,15-/m0/s1. The van der Waals surface area contributed by atoms with E-state index in [1.807, 2.05) is 0 Å². The van der Waals surface area contributed by atoms with Crippen molar-refractivity contribution in [1.29, 1.82) is 0 Å². The number of aromatic nitrogens is 3. The largest absolute Gasteiger partial charge is 0.474 e. The lowest BCUT2D eigenvalue weighted by Gasteiger charge is -2.31. The van der Waals surface area contributed by atoms with Crippen LogP contribution in [-0.2, 0) is 0 Å². The van der Waals surface area contributed by atoms with Gasteiger partial charge in [0.15, 0.2) is 0 Å². The van der Waals surface area contributed by atoms with Gasteiger partial charge in [0.2, 0.25) is 11.8 Å². The molecule has 0 radical (unpaired) electrons. The molecule has 0 aliphatic heterocycles. The molecule has 0 aromatic carbocycles. The number of rotatable bonds is 6. The SMILES string of the molecule is C[C@@H](CC(F)(F)F)Nc1ncc2c(O[C@H]3C[C@H](O)C3)ncc([C@H]3CC[C@H](O)CC3)c2n1.